The molecule has 3 aromatic rings. The number of aromatic nitrogens is 3. The quantitative estimate of drug-likeness (QED) is 0.737. The molecule has 0 aliphatic heterocycles. The molecule has 1 aromatic carbocycles. The third kappa shape index (κ3) is 2.68. The Hall–Kier alpha value is -2.41. The summed E-state index contributed by atoms with van der Waals surface area (Å²) in [6.07, 6.45) is 1.24. The molecule has 6 nitrogen and oxygen atoms in total. The molecular weight excluding hydrogens is 323 g/mol. The molecule has 0 radical (unpaired) electrons. The Labute approximate surface area is 136 Å². The maximum Gasteiger partial charge on any atom is 0.257 e. The van der Waals surface area contributed by atoms with Crippen LogP contribution in [-0.2, 0) is 13.6 Å². The summed E-state index contributed by atoms with van der Waals surface area (Å²) in [6, 6.07) is 2.66. The number of hydrogen-bond donors (Lipinski definition) is 0. The lowest BCUT2D eigenvalue weighted by Crippen LogP contribution is -2.27. The van der Waals surface area contributed by atoms with Crippen LogP contribution in [-0.4, -0.2) is 32.6 Å². The topological polar surface area (TPSA) is 64.2 Å². The smallest absolute Gasteiger partial charge is 0.257 e. The molecule has 0 saturated carbocycles. The number of hydrogen-bond acceptors (Lipinski definition) is 4. The first kappa shape index (κ1) is 15.5. The van der Waals surface area contributed by atoms with E-state index in [-0.39, 0.29) is 28.6 Å². The van der Waals surface area contributed by atoms with E-state index in [0.29, 0.717) is 11.2 Å². The fourth-order valence-corrected chi connectivity index (χ4v) is 2.51. The van der Waals surface area contributed by atoms with Gasteiger partial charge in [-0.1, -0.05) is 11.6 Å². The van der Waals surface area contributed by atoms with Gasteiger partial charge in [-0.2, -0.15) is 0 Å². The molecule has 0 N–H and O–H groups in total. The van der Waals surface area contributed by atoms with Crippen LogP contribution in [0.1, 0.15) is 22.0 Å². The monoisotopic (exact) mass is 336 g/mol. The summed E-state index contributed by atoms with van der Waals surface area (Å²) in [5.74, 6) is 0.489. The lowest BCUT2D eigenvalue weighted by atomic mass is 10.1. The summed E-state index contributed by atoms with van der Waals surface area (Å²) >= 11 is 5.86. The van der Waals surface area contributed by atoms with Crippen LogP contribution in [0, 0.1) is 12.7 Å². The van der Waals surface area contributed by atoms with E-state index in [1.807, 2.05) is 14.0 Å². The van der Waals surface area contributed by atoms with Gasteiger partial charge in [-0.15, -0.1) is 10.2 Å². The van der Waals surface area contributed by atoms with Crippen LogP contribution in [0.15, 0.2) is 22.8 Å². The van der Waals surface area contributed by atoms with Gasteiger partial charge in [0.25, 0.3) is 5.91 Å². The van der Waals surface area contributed by atoms with E-state index in [1.165, 1.54) is 17.2 Å². The zero-order valence-corrected chi connectivity index (χ0v) is 13.6. The Kier molecular flexibility index (Phi) is 3.81. The second kappa shape index (κ2) is 5.66. The molecule has 0 aliphatic carbocycles. The lowest BCUT2D eigenvalue weighted by molar-refractivity contribution is 0.0781. The van der Waals surface area contributed by atoms with Crippen molar-refractivity contribution in [3.63, 3.8) is 0 Å². The van der Waals surface area contributed by atoms with Crippen molar-refractivity contribution in [1.82, 2.24) is 19.7 Å². The predicted octanol–water partition coefficient (Wildman–Crippen LogP) is 2.93. The van der Waals surface area contributed by atoms with E-state index in [1.54, 1.807) is 11.6 Å². The molecule has 1 amide bonds. The van der Waals surface area contributed by atoms with E-state index >= 15 is 0 Å². The average molecular weight is 337 g/mol. The Morgan fingerprint density at radius 1 is 1.43 bits per heavy atom. The maximum absolute atomic E-state index is 13.8. The highest BCUT2D eigenvalue weighted by molar-refractivity contribution is 6.31. The van der Waals surface area contributed by atoms with E-state index < -0.39 is 5.82 Å². The van der Waals surface area contributed by atoms with Crippen LogP contribution in [0.5, 0.6) is 0 Å². The second-order valence-electron chi connectivity index (χ2n) is 5.30. The fraction of sp³-hybridized carbons (Fsp3) is 0.267. The number of furan rings is 1. The summed E-state index contributed by atoms with van der Waals surface area (Å²) in [6.45, 7) is 2.10. The number of aryl methyl sites for hydroxylation is 1. The minimum absolute atomic E-state index is 0.0145. The van der Waals surface area contributed by atoms with Gasteiger partial charge in [-0.3, -0.25) is 4.79 Å². The van der Waals surface area contributed by atoms with Crippen LogP contribution in [0.2, 0.25) is 5.02 Å². The standard InChI is InChI=1S/C15H14ClFN4O2/c1-8-18-19-13(21(8)3)6-20(2)15(22)11-7-23-14-10(11)4-9(16)5-12(14)17/h4-5,7H,6H2,1-3H3. The van der Waals surface area contributed by atoms with Crippen molar-refractivity contribution < 1.29 is 13.6 Å². The zero-order chi connectivity index (χ0) is 16.7. The van der Waals surface area contributed by atoms with Gasteiger partial charge in [-0.25, -0.2) is 4.39 Å². The molecule has 0 spiro atoms. The Morgan fingerprint density at radius 3 is 2.83 bits per heavy atom. The third-order valence-corrected chi connectivity index (χ3v) is 3.95. The van der Waals surface area contributed by atoms with Gasteiger partial charge in [0, 0.05) is 24.5 Å². The van der Waals surface area contributed by atoms with Crippen molar-refractivity contribution in [3.05, 3.63) is 46.4 Å². The number of carbonyl (C=O) groups is 1. The van der Waals surface area contributed by atoms with Crippen molar-refractivity contribution in [2.45, 2.75) is 13.5 Å². The van der Waals surface area contributed by atoms with Gasteiger partial charge >= 0.3 is 0 Å². The largest absolute Gasteiger partial charge is 0.460 e. The number of nitrogens with zero attached hydrogens (tertiary/aromatic N) is 4. The normalized spacial score (nSPS) is 11.2. The van der Waals surface area contributed by atoms with Crippen LogP contribution >= 0.6 is 11.6 Å². The van der Waals surface area contributed by atoms with Crippen molar-refractivity contribution in [2.75, 3.05) is 7.05 Å². The molecule has 0 saturated heterocycles. The van der Waals surface area contributed by atoms with Gasteiger partial charge in [0.2, 0.25) is 0 Å². The predicted molar refractivity (Wildman–Crippen MR) is 82.7 cm³/mol. The highest BCUT2D eigenvalue weighted by Gasteiger charge is 2.21. The average Bonchev–Trinajstić information content (AvgIpc) is 3.05. The Balaban J connectivity index is 1.92. The number of carbonyl (C=O) groups excluding carboxylic acids is 1. The molecule has 2 heterocycles. The van der Waals surface area contributed by atoms with Crippen LogP contribution in [0.3, 0.4) is 0 Å². The summed E-state index contributed by atoms with van der Waals surface area (Å²) in [7, 11) is 3.46. The Bertz CT molecular complexity index is 902. The van der Waals surface area contributed by atoms with E-state index in [9.17, 15) is 9.18 Å². The van der Waals surface area contributed by atoms with Gasteiger partial charge in [-0.05, 0) is 19.1 Å². The summed E-state index contributed by atoms with van der Waals surface area (Å²) in [5.41, 5.74) is 0.267. The highest BCUT2D eigenvalue weighted by atomic mass is 35.5. The molecular formula is C15H14ClFN4O2. The summed E-state index contributed by atoms with van der Waals surface area (Å²) < 4.78 is 20.8. The molecule has 2 aromatic heterocycles. The number of rotatable bonds is 3. The first-order valence-electron chi connectivity index (χ1n) is 6.85. The van der Waals surface area contributed by atoms with Gasteiger partial charge in [0.05, 0.1) is 12.1 Å². The van der Waals surface area contributed by atoms with Crippen LogP contribution in [0.25, 0.3) is 11.0 Å². The minimum Gasteiger partial charge on any atom is -0.460 e. The van der Waals surface area contributed by atoms with E-state index in [0.717, 1.165) is 11.9 Å². The second-order valence-corrected chi connectivity index (χ2v) is 5.73. The van der Waals surface area contributed by atoms with Crippen LogP contribution < -0.4 is 0 Å². The molecule has 0 fully saturated rings. The number of benzene rings is 1. The molecule has 0 unspecified atom stereocenters. The maximum atomic E-state index is 13.8. The molecule has 120 valence electrons. The van der Waals surface area contributed by atoms with Crippen molar-refractivity contribution in [1.29, 1.82) is 0 Å². The first-order valence-corrected chi connectivity index (χ1v) is 7.23. The molecule has 0 aliphatic rings. The fourth-order valence-electron chi connectivity index (χ4n) is 2.31. The summed E-state index contributed by atoms with van der Waals surface area (Å²) in [4.78, 5) is 14.1. The van der Waals surface area contributed by atoms with Crippen LogP contribution in [0.4, 0.5) is 4.39 Å². The van der Waals surface area contributed by atoms with E-state index in [2.05, 4.69) is 10.2 Å². The SMILES string of the molecule is Cc1nnc(CN(C)C(=O)c2coc3c(F)cc(Cl)cc23)n1C. The van der Waals surface area contributed by atoms with Crippen molar-refractivity contribution in [2.24, 2.45) is 7.05 Å². The Morgan fingerprint density at radius 2 is 2.17 bits per heavy atom. The number of fused-ring (bicyclic) bond motifs is 1. The van der Waals surface area contributed by atoms with Crippen molar-refractivity contribution in [3.8, 4) is 0 Å². The van der Waals surface area contributed by atoms with Gasteiger partial charge in [0.15, 0.2) is 17.2 Å². The number of halogens is 2. The summed E-state index contributed by atoms with van der Waals surface area (Å²) in [5, 5.41) is 8.53. The van der Waals surface area contributed by atoms with E-state index in [4.69, 9.17) is 16.0 Å². The number of amides is 1. The molecule has 0 bridgehead atoms. The molecule has 23 heavy (non-hydrogen) atoms. The lowest BCUT2D eigenvalue weighted by Gasteiger charge is -2.15. The minimum atomic E-state index is -0.599. The van der Waals surface area contributed by atoms with Crippen molar-refractivity contribution >= 4 is 28.5 Å². The van der Waals surface area contributed by atoms with Gasteiger partial charge in [0.1, 0.15) is 12.1 Å². The molecule has 0 atom stereocenters. The molecule has 8 heteroatoms. The first-order chi connectivity index (χ1) is 10.9. The highest BCUT2D eigenvalue weighted by Crippen LogP contribution is 2.28. The third-order valence-electron chi connectivity index (χ3n) is 3.73. The molecule has 3 rings (SSSR count). The van der Waals surface area contributed by atoms with Gasteiger partial charge < -0.3 is 13.9 Å². The zero-order valence-electron chi connectivity index (χ0n) is 12.8.